The predicted octanol–water partition coefficient (Wildman–Crippen LogP) is 1.49. The number of rotatable bonds is 3. The molecule has 0 fully saturated rings. The Morgan fingerprint density at radius 3 is 2.68 bits per heavy atom. The average Bonchev–Trinajstić information content (AvgIpc) is 2.34. The van der Waals surface area contributed by atoms with Crippen molar-refractivity contribution in [1.82, 2.24) is 4.57 Å². The molecule has 0 amide bonds. The fraction of sp³-hybridized carbons (Fsp3) is 0.143. The van der Waals surface area contributed by atoms with Crippen molar-refractivity contribution in [2.45, 2.75) is 13.5 Å². The van der Waals surface area contributed by atoms with E-state index in [9.17, 15) is 9.59 Å². The molecule has 2 aromatic rings. The first-order valence-corrected chi connectivity index (χ1v) is 5.76. The van der Waals surface area contributed by atoms with E-state index in [1.165, 1.54) is 12.3 Å². The Bertz CT molecular complexity index is 689. The summed E-state index contributed by atoms with van der Waals surface area (Å²) in [5, 5.41) is 8.68. The van der Waals surface area contributed by atoms with E-state index in [0.29, 0.717) is 11.3 Å². The van der Waals surface area contributed by atoms with Gasteiger partial charge in [-0.3, -0.25) is 9.59 Å². The zero-order chi connectivity index (χ0) is 14.0. The Morgan fingerprint density at radius 2 is 2.05 bits per heavy atom. The normalized spacial score (nSPS) is 10.4. The number of pyridine rings is 1. The molecule has 0 atom stereocenters. The number of nitrogen functional groups attached to an aromatic ring is 1. The number of benzene rings is 1. The maximum Gasteiger partial charge on any atom is 0.323 e. The molecule has 0 aliphatic rings. The quantitative estimate of drug-likeness (QED) is 0.817. The summed E-state index contributed by atoms with van der Waals surface area (Å²) < 4.78 is 1.14. The van der Waals surface area contributed by atoms with Gasteiger partial charge in [0.15, 0.2) is 0 Å². The summed E-state index contributed by atoms with van der Waals surface area (Å²) in [7, 11) is 0. The molecule has 2 rings (SSSR count). The minimum absolute atomic E-state index is 0.345. The Hall–Kier alpha value is -2.56. The molecule has 0 bridgehead atoms. The molecule has 1 aromatic heterocycles. The van der Waals surface area contributed by atoms with Gasteiger partial charge in [0.1, 0.15) is 6.54 Å². The van der Waals surface area contributed by atoms with Crippen LogP contribution in [0.4, 0.5) is 5.69 Å². The van der Waals surface area contributed by atoms with Crippen LogP contribution in [0.3, 0.4) is 0 Å². The molecule has 0 unspecified atom stereocenters. The van der Waals surface area contributed by atoms with Crippen molar-refractivity contribution >= 4 is 11.7 Å². The van der Waals surface area contributed by atoms with Crippen LogP contribution in [0.2, 0.25) is 0 Å². The summed E-state index contributed by atoms with van der Waals surface area (Å²) in [5.41, 5.74) is 8.62. The summed E-state index contributed by atoms with van der Waals surface area (Å²) in [4.78, 5) is 22.4. The molecular weight excluding hydrogens is 244 g/mol. The number of carboxylic acids is 1. The molecule has 0 saturated heterocycles. The molecular formula is C14H14N2O3. The highest BCUT2D eigenvalue weighted by molar-refractivity contribution is 5.76. The van der Waals surface area contributed by atoms with Gasteiger partial charge in [0, 0.05) is 23.5 Å². The molecule has 0 spiro atoms. The first-order chi connectivity index (χ1) is 8.97. The van der Waals surface area contributed by atoms with E-state index in [4.69, 9.17) is 10.8 Å². The second-order valence-corrected chi connectivity index (χ2v) is 4.37. The van der Waals surface area contributed by atoms with Crippen LogP contribution in [0, 0.1) is 6.92 Å². The monoisotopic (exact) mass is 258 g/mol. The fourth-order valence-electron chi connectivity index (χ4n) is 1.87. The number of aliphatic carboxylic acids is 1. The third kappa shape index (κ3) is 2.82. The first kappa shape index (κ1) is 12.9. The minimum Gasteiger partial charge on any atom is -0.480 e. The third-order valence-electron chi connectivity index (χ3n) is 2.82. The van der Waals surface area contributed by atoms with Crippen LogP contribution in [0.1, 0.15) is 5.56 Å². The largest absolute Gasteiger partial charge is 0.480 e. The van der Waals surface area contributed by atoms with Gasteiger partial charge in [0.25, 0.3) is 5.56 Å². The first-order valence-electron chi connectivity index (χ1n) is 5.76. The lowest BCUT2D eigenvalue weighted by Gasteiger charge is -2.08. The van der Waals surface area contributed by atoms with Crippen LogP contribution >= 0.6 is 0 Å². The van der Waals surface area contributed by atoms with Crippen LogP contribution in [-0.2, 0) is 11.3 Å². The number of aromatic nitrogens is 1. The van der Waals surface area contributed by atoms with Gasteiger partial charge in [-0.25, -0.2) is 0 Å². The molecule has 0 radical (unpaired) electrons. The van der Waals surface area contributed by atoms with E-state index in [0.717, 1.165) is 15.7 Å². The van der Waals surface area contributed by atoms with E-state index >= 15 is 0 Å². The highest BCUT2D eigenvalue weighted by Crippen LogP contribution is 2.25. The zero-order valence-corrected chi connectivity index (χ0v) is 10.5. The topological polar surface area (TPSA) is 85.3 Å². The summed E-state index contributed by atoms with van der Waals surface area (Å²) in [5.74, 6) is -1.05. The second-order valence-electron chi connectivity index (χ2n) is 4.37. The number of anilines is 1. The molecule has 3 N–H and O–H groups in total. The Morgan fingerprint density at radius 1 is 1.32 bits per heavy atom. The molecule has 1 heterocycles. The number of carbonyl (C=O) groups is 1. The molecule has 19 heavy (non-hydrogen) atoms. The lowest BCUT2D eigenvalue weighted by atomic mass is 10.0. The summed E-state index contributed by atoms with van der Waals surface area (Å²) in [6, 6.07) is 8.66. The van der Waals surface area contributed by atoms with E-state index in [1.807, 2.05) is 19.1 Å². The summed E-state index contributed by atoms with van der Waals surface area (Å²) >= 11 is 0. The van der Waals surface area contributed by atoms with Crippen molar-refractivity contribution in [3.05, 3.63) is 52.4 Å². The highest BCUT2D eigenvalue weighted by atomic mass is 16.4. The smallest absolute Gasteiger partial charge is 0.323 e. The van der Waals surface area contributed by atoms with Gasteiger partial charge < -0.3 is 15.4 Å². The van der Waals surface area contributed by atoms with Crippen LogP contribution in [0.5, 0.6) is 0 Å². The van der Waals surface area contributed by atoms with Gasteiger partial charge in [-0.1, -0.05) is 11.6 Å². The third-order valence-corrected chi connectivity index (χ3v) is 2.82. The van der Waals surface area contributed by atoms with Crippen molar-refractivity contribution in [2.24, 2.45) is 0 Å². The van der Waals surface area contributed by atoms with Gasteiger partial charge in [0.2, 0.25) is 0 Å². The average molecular weight is 258 g/mol. The van der Waals surface area contributed by atoms with Gasteiger partial charge in [-0.2, -0.15) is 0 Å². The van der Waals surface area contributed by atoms with Crippen molar-refractivity contribution in [2.75, 3.05) is 5.73 Å². The summed E-state index contributed by atoms with van der Waals surface area (Å²) in [6.45, 7) is 1.59. The van der Waals surface area contributed by atoms with Gasteiger partial charge >= 0.3 is 5.97 Å². The molecule has 1 aromatic carbocycles. The highest BCUT2D eigenvalue weighted by Gasteiger charge is 2.07. The predicted molar refractivity (Wildman–Crippen MR) is 72.9 cm³/mol. The van der Waals surface area contributed by atoms with Gasteiger partial charge in [-0.05, 0) is 30.7 Å². The van der Waals surface area contributed by atoms with Crippen molar-refractivity contribution in [3.63, 3.8) is 0 Å². The van der Waals surface area contributed by atoms with Gasteiger partial charge in [0.05, 0.1) is 0 Å². The SMILES string of the molecule is Cc1ccc(N)c(-c2ccn(CC(=O)O)c(=O)c2)c1. The Balaban J connectivity index is 2.47. The second kappa shape index (κ2) is 4.97. The van der Waals surface area contributed by atoms with Crippen LogP contribution in [-0.4, -0.2) is 15.6 Å². The maximum atomic E-state index is 11.8. The number of hydrogen-bond acceptors (Lipinski definition) is 3. The number of nitrogens with zero attached hydrogens (tertiary/aromatic N) is 1. The van der Waals surface area contributed by atoms with Crippen molar-refractivity contribution in [3.8, 4) is 11.1 Å². The lowest BCUT2D eigenvalue weighted by molar-refractivity contribution is -0.137. The van der Waals surface area contributed by atoms with Gasteiger partial charge in [-0.15, -0.1) is 0 Å². The molecule has 0 aliphatic heterocycles. The van der Waals surface area contributed by atoms with Crippen LogP contribution < -0.4 is 11.3 Å². The van der Waals surface area contributed by atoms with Crippen molar-refractivity contribution in [1.29, 1.82) is 0 Å². The van der Waals surface area contributed by atoms with Crippen LogP contribution in [0.25, 0.3) is 11.1 Å². The standard InChI is InChI=1S/C14H14N2O3/c1-9-2-3-12(15)11(6-9)10-4-5-16(8-14(18)19)13(17)7-10/h2-7H,8,15H2,1H3,(H,18,19). The minimum atomic E-state index is -1.05. The summed E-state index contributed by atoms with van der Waals surface area (Å²) in [6.07, 6.45) is 1.47. The Labute approximate surface area is 109 Å². The van der Waals surface area contributed by atoms with Crippen molar-refractivity contribution < 1.29 is 9.90 Å². The maximum absolute atomic E-state index is 11.8. The fourth-order valence-corrected chi connectivity index (χ4v) is 1.87. The molecule has 0 saturated carbocycles. The molecule has 0 aliphatic carbocycles. The number of nitrogens with two attached hydrogens (primary N) is 1. The van der Waals surface area contributed by atoms with E-state index < -0.39 is 5.97 Å². The molecule has 5 nitrogen and oxygen atoms in total. The number of hydrogen-bond donors (Lipinski definition) is 2. The molecule has 5 heteroatoms. The Kier molecular flexibility index (Phi) is 3.37. The van der Waals surface area contributed by atoms with E-state index in [2.05, 4.69) is 0 Å². The number of aryl methyl sites for hydroxylation is 1. The number of carboxylic acid groups (broad SMARTS) is 1. The van der Waals surface area contributed by atoms with Crippen LogP contribution in [0.15, 0.2) is 41.3 Å². The van der Waals surface area contributed by atoms with E-state index in [1.54, 1.807) is 12.1 Å². The lowest BCUT2D eigenvalue weighted by Crippen LogP contribution is -2.22. The molecule has 98 valence electrons. The van der Waals surface area contributed by atoms with E-state index in [-0.39, 0.29) is 12.1 Å². The zero-order valence-electron chi connectivity index (χ0n) is 10.5.